The van der Waals surface area contributed by atoms with E-state index in [0.29, 0.717) is 0 Å². The number of rotatable bonds is 3. The molecule has 0 bridgehead atoms. The Morgan fingerprint density at radius 1 is 1.00 bits per heavy atom. The van der Waals surface area contributed by atoms with Crippen LogP contribution in [0.2, 0.25) is 0 Å². The largest absolute Gasteiger partial charge is 0.478 e. The molecule has 0 aliphatic rings. The first-order valence-corrected chi connectivity index (χ1v) is 8.15. The molecule has 122 valence electrons. The molecule has 0 spiro atoms. The molecule has 0 atom stereocenters. The number of aromatic nitrogens is 1. The molecule has 4 rings (SSSR count). The third-order valence-corrected chi connectivity index (χ3v) is 4.57. The summed E-state index contributed by atoms with van der Waals surface area (Å²) in [7, 11) is 0. The quantitative estimate of drug-likeness (QED) is 0.528. The number of pyridine rings is 1. The monoisotopic (exact) mass is 327 g/mol. The molecule has 0 saturated heterocycles. The molecular weight excluding hydrogens is 310 g/mol. The van der Waals surface area contributed by atoms with Crippen LogP contribution in [0.15, 0.2) is 72.9 Å². The summed E-state index contributed by atoms with van der Waals surface area (Å²) in [5.41, 5.74) is 5.20. The lowest BCUT2D eigenvalue weighted by Crippen LogP contribution is -1.88. The molecule has 0 aliphatic carbocycles. The van der Waals surface area contributed by atoms with Crippen molar-refractivity contribution in [2.45, 2.75) is 6.92 Å². The highest BCUT2D eigenvalue weighted by Crippen LogP contribution is 2.37. The maximum Gasteiger partial charge on any atom is 0.328 e. The highest BCUT2D eigenvalue weighted by molar-refractivity contribution is 6.07. The molecule has 0 radical (unpaired) electrons. The Balaban J connectivity index is 2.18. The van der Waals surface area contributed by atoms with E-state index in [2.05, 4.69) is 40.9 Å². The van der Waals surface area contributed by atoms with Crippen molar-refractivity contribution in [2.75, 3.05) is 0 Å². The summed E-state index contributed by atoms with van der Waals surface area (Å²) in [5, 5.41) is 11.4. The Hall–Kier alpha value is -3.33. The van der Waals surface area contributed by atoms with E-state index in [-0.39, 0.29) is 0 Å². The molecule has 3 heteroatoms. The van der Waals surface area contributed by atoms with Crippen LogP contribution in [0, 0.1) is 6.92 Å². The molecule has 2 aromatic heterocycles. The van der Waals surface area contributed by atoms with Crippen molar-refractivity contribution in [3.8, 4) is 11.1 Å². The predicted octanol–water partition coefficient (Wildman–Crippen LogP) is 5.17. The number of nitrogens with zero attached hydrogens (tertiary/aromatic N) is 1. The van der Waals surface area contributed by atoms with Crippen LogP contribution in [0.25, 0.3) is 33.5 Å². The van der Waals surface area contributed by atoms with Crippen molar-refractivity contribution in [2.24, 2.45) is 0 Å². The Labute approximate surface area is 145 Å². The number of hydrogen-bond acceptors (Lipinski definition) is 1. The maximum absolute atomic E-state index is 11.1. The number of fused-ring (bicyclic) bond motifs is 3. The van der Waals surface area contributed by atoms with Gasteiger partial charge in [0.25, 0.3) is 0 Å². The Morgan fingerprint density at radius 2 is 1.72 bits per heavy atom. The van der Waals surface area contributed by atoms with E-state index in [1.807, 2.05) is 37.3 Å². The van der Waals surface area contributed by atoms with Crippen LogP contribution < -0.4 is 0 Å². The number of carboxylic acid groups (broad SMARTS) is 1. The fraction of sp³-hybridized carbons (Fsp3) is 0.0455. The van der Waals surface area contributed by atoms with Gasteiger partial charge in [0.1, 0.15) is 0 Å². The molecular formula is C22H17NO2. The van der Waals surface area contributed by atoms with Gasteiger partial charge in [0.05, 0.1) is 5.52 Å². The first-order valence-electron chi connectivity index (χ1n) is 8.15. The lowest BCUT2D eigenvalue weighted by atomic mass is 9.98. The van der Waals surface area contributed by atoms with Gasteiger partial charge in [-0.15, -0.1) is 0 Å². The van der Waals surface area contributed by atoms with Crippen LogP contribution in [0.4, 0.5) is 0 Å². The molecule has 1 N–H and O–H groups in total. The topological polar surface area (TPSA) is 41.7 Å². The number of carbonyl (C=O) groups is 1. The second-order valence-corrected chi connectivity index (χ2v) is 6.03. The van der Waals surface area contributed by atoms with Crippen LogP contribution in [0.3, 0.4) is 0 Å². The van der Waals surface area contributed by atoms with Crippen molar-refractivity contribution in [1.29, 1.82) is 0 Å². The summed E-state index contributed by atoms with van der Waals surface area (Å²) >= 11 is 0. The van der Waals surface area contributed by atoms with Gasteiger partial charge < -0.3 is 9.51 Å². The van der Waals surface area contributed by atoms with Gasteiger partial charge in [-0.25, -0.2) is 4.79 Å². The summed E-state index contributed by atoms with van der Waals surface area (Å²) in [6.45, 7) is 2.02. The zero-order valence-corrected chi connectivity index (χ0v) is 13.8. The van der Waals surface area contributed by atoms with Crippen LogP contribution in [-0.2, 0) is 4.79 Å². The highest BCUT2D eigenvalue weighted by Gasteiger charge is 2.17. The van der Waals surface area contributed by atoms with E-state index in [1.54, 1.807) is 6.08 Å². The fourth-order valence-electron chi connectivity index (χ4n) is 3.45. The molecule has 0 fully saturated rings. The summed E-state index contributed by atoms with van der Waals surface area (Å²) in [6.07, 6.45) is 4.95. The molecule has 25 heavy (non-hydrogen) atoms. The molecule has 0 saturated carbocycles. The van der Waals surface area contributed by atoms with Gasteiger partial charge in [-0.1, -0.05) is 54.6 Å². The van der Waals surface area contributed by atoms with Gasteiger partial charge in [0.2, 0.25) is 0 Å². The zero-order valence-electron chi connectivity index (χ0n) is 13.8. The number of benzene rings is 2. The lowest BCUT2D eigenvalue weighted by molar-refractivity contribution is -0.131. The Bertz CT molecular complexity index is 1120. The van der Waals surface area contributed by atoms with Crippen molar-refractivity contribution >= 4 is 28.3 Å². The van der Waals surface area contributed by atoms with Gasteiger partial charge in [-0.3, -0.25) is 0 Å². The number of aryl methyl sites for hydroxylation is 1. The fourth-order valence-corrected chi connectivity index (χ4v) is 3.45. The van der Waals surface area contributed by atoms with E-state index in [0.717, 1.165) is 33.3 Å². The van der Waals surface area contributed by atoms with E-state index < -0.39 is 5.97 Å². The molecule has 4 aromatic rings. The van der Waals surface area contributed by atoms with E-state index in [9.17, 15) is 4.79 Å². The van der Waals surface area contributed by atoms with Crippen molar-refractivity contribution < 1.29 is 9.90 Å². The lowest BCUT2D eigenvalue weighted by Gasteiger charge is -2.06. The molecule has 0 unspecified atom stereocenters. The zero-order chi connectivity index (χ0) is 17.4. The number of hydrogen-bond donors (Lipinski definition) is 1. The SMILES string of the molecule is Cc1c(/C=C/C(=O)O)c(-c2ccccc2)c2c3ccccc3ccn12. The first-order chi connectivity index (χ1) is 12.2. The summed E-state index contributed by atoms with van der Waals surface area (Å²) in [4.78, 5) is 11.1. The molecule has 3 nitrogen and oxygen atoms in total. The minimum Gasteiger partial charge on any atom is -0.478 e. The second-order valence-electron chi connectivity index (χ2n) is 6.03. The summed E-state index contributed by atoms with van der Waals surface area (Å²) in [6, 6.07) is 20.5. The van der Waals surface area contributed by atoms with E-state index >= 15 is 0 Å². The van der Waals surface area contributed by atoms with Gasteiger partial charge in [0, 0.05) is 34.5 Å². The van der Waals surface area contributed by atoms with Gasteiger partial charge in [-0.2, -0.15) is 0 Å². The van der Waals surface area contributed by atoms with Crippen molar-refractivity contribution in [1.82, 2.24) is 4.40 Å². The summed E-state index contributed by atoms with van der Waals surface area (Å²) < 4.78 is 2.15. The normalized spacial score (nSPS) is 11.6. The van der Waals surface area contributed by atoms with Crippen LogP contribution in [0.1, 0.15) is 11.3 Å². The predicted molar refractivity (Wildman–Crippen MR) is 102 cm³/mol. The average molecular weight is 327 g/mol. The first kappa shape index (κ1) is 15.2. The van der Waals surface area contributed by atoms with E-state index in [1.165, 1.54) is 11.5 Å². The average Bonchev–Trinajstić information content (AvgIpc) is 2.93. The highest BCUT2D eigenvalue weighted by atomic mass is 16.4. The van der Waals surface area contributed by atoms with Crippen molar-refractivity contribution in [3.63, 3.8) is 0 Å². The molecule has 2 heterocycles. The minimum atomic E-state index is -0.946. The van der Waals surface area contributed by atoms with Gasteiger partial charge in [0.15, 0.2) is 0 Å². The number of aliphatic carboxylic acids is 1. The van der Waals surface area contributed by atoms with Crippen LogP contribution >= 0.6 is 0 Å². The van der Waals surface area contributed by atoms with Gasteiger partial charge in [-0.05, 0) is 30.0 Å². The summed E-state index contributed by atoms with van der Waals surface area (Å²) in [5.74, 6) is -0.946. The molecule has 2 aromatic carbocycles. The van der Waals surface area contributed by atoms with Crippen molar-refractivity contribution in [3.05, 3.63) is 84.2 Å². The smallest absolute Gasteiger partial charge is 0.328 e. The number of carboxylic acids is 1. The maximum atomic E-state index is 11.1. The Morgan fingerprint density at radius 3 is 2.48 bits per heavy atom. The van der Waals surface area contributed by atoms with Gasteiger partial charge >= 0.3 is 5.97 Å². The van der Waals surface area contributed by atoms with E-state index in [4.69, 9.17) is 5.11 Å². The third-order valence-electron chi connectivity index (χ3n) is 4.57. The standard InChI is InChI=1S/C22H17NO2/c1-15-18(11-12-20(24)25)21(17-8-3-2-4-9-17)22-19-10-6-5-7-16(19)13-14-23(15)22/h2-14H,1H3,(H,24,25)/b12-11+. The second kappa shape index (κ2) is 5.95. The minimum absolute atomic E-state index is 0.935. The molecule has 0 aliphatic heterocycles. The third kappa shape index (κ3) is 2.50. The van der Waals surface area contributed by atoms with Crippen LogP contribution in [0.5, 0.6) is 0 Å². The van der Waals surface area contributed by atoms with Crippen LogP contribution in [-0.4, -0.2) is 15.5 Å². The molecule has 0 amide bonds. The Kier molecular flexibility index (Phi) is 3.62.